The molecule has 0 saturated heterocycles. The van der Waals surface area contributed by atoms with Crippen LogP contribution in [0.4, 0.5) is 17.1 Å². The molecule has 0 spiro atoms. The number of para-hydroxylation sites is 5. The van der Waals surface area contributed by atoms with Gasteiger partial charge in [0.15, 0.2) is 0 Å². The van der Waals surface area contributed by atoms with Gasteiger partial charge in [-0.15, -0.1) is 0 Å². The Bertz CT molecular complexity index is 3930. The molecule has 0 radical (unpaired) electrons. The number of rotatable bonds is 7. The minimum Gasteiger partial charge on any atom is -0.455 e. The molecule has 2 heterocycles. The molecule has 304 valence electrons. The second-order valence-electron chi connectivity index (χ2n) is 16.9. The molecular formula is C62H40N2O. The average Bonchev–Trinajstić information content (AvgIpc) is 3.93. The van der Waals surface area contributed by atoms with E-state index >= 15 is 0 Å². The fourth-order valence-electron chi connectivity index (χ4n) is 10.2. The van der Waals surface area contributed by atoms with Crippen LogP contribution >= 0.6 is 0 Å². The van der Waals surface area contributed by atoms with Crippen LogP contribution < -0.4 is 4.90 Å². The molecule has 3 nitrogen and oxygen atoms in total. The zero-order valence-corrected chi connectivity index (χ0v) is 35.4. The van der Waals surface area contributed by atoms with Gasteiger partial charge in [-0.25, -0.2) is 0 Å². The Labute approximate surface area is 376 Å². The van der Waals surface area contributed by atoms with E-state index in [9.17, 15) is 0 Å². The monoisotopic (exact) mass is 828 g/mol. The molecule has 0 aliphatic rings. The number of furan rings is 1. The van der Waals surface area contributed by atoms with Crippen molar-refractivity contribution in [3.8, 4) is 39.1 Å². The summed E-state index contributed by atoms with van der Waals surface area (Å²) in [4.78, 5) is 2.40. The third kappa shape index (κ3) is 6.12. The van der Waals surface area contributed by atoms with Crippen LogP contribution in [0.25, 0.3) is 104 Å². The topological polar surface area (TPSA) is 21.3 Å². The van der Waals surface area contributed by atoms with Crippen molar-refractivity contribution >= 4 is 82.4 Å². The number of anilines is 3. The second-order valence-corrected chi connectivity index (χ2v) is 16.9. The van der Waals surface area contributed by atoms with Crippen molar-refractivity contribution in [3.05, 3.63) is 243 Å². The summed E-state index contributed by atoms with van der Waals surface area (Å²) in [5.41, 5.74) is 15.2. The molecule has 2 aromatic heterocycles. The van der Waals surface area contributed by atoms with Crippen LogP contribution in [-0.2, 0) is 0 Å². The molecule has 0 saturated carbocycles. The lowest BCUT2D eigenvalue weighted by Gasteiger charge is -2.27. The van der Waals surface area contributed by atoms with Crippen molar-refractivity contribution in [3.63, 3.8) is 0 Å². The summed E-state index contributed by atoms with van der Waals surface area (Å²) >= 11 is 0. The predicted molar refractivity (Wildman–Crippen MR) is 274 cm³/mol. The van der Waals surface area contributed by atoms with E-state index in [1.54, 1.807) is 0 Å². The van der Waals surface area contributed by atoms with Gasteiger partial charge in [0.25, 0.3) is 0 Å². The number of hydrogen-bond donors (Lipinski definition) is 0. The molecule has 13 aromatic rings. The molecule has 0 aliphatic heterocycles. The minimum atomic E-state index is 0.893. The van der Waals surface area contributed by atoms with Crippen molar-refractivity contribution < 1.29 is 4.42 Å². The first-order chi connectivity index (χ1) is 32.2. The van der Waals surface area contributed by atoms with Crippen molar-refractivity contribution in [1.82, 2.24) is 4.57 Å². The third-order valence-corrected chi connectivity index (χ3v) is 13.1. The van der Waals surface area contributed by atoms with Gasteiger partial charge in [-0.1, -0.05) is 176 Å². The lowest BCUT2D eigenvalue weighted by molar-refractivity contribution is 0.670. The highest BCUT2D eigenvalue weighted by molar-refractivity contribution is 6.11. The minimum absolute atomic E-state index is 0.893. The summed E-state index contributed by atoms with van der Waals surface area (Å²) in [6.07, 6.45) is 0. The number of fused-ring (bicyclic) bond motifs is 9. The first-order valence-corrected chi connectivity index (χ1v) is 22.2. The number of benzene rings is 11. The van der Waals surface area contributed by atoms with Crippen LogP contribution in [0, 0.1) is 0 Å². The fraction of sp³-hybridized carbons (Fsp3) is 0. The first-order valence-electron chi connectivity index (χ1n) is 22.2. The highest BCUT2D eigenvalue weighted by atomic mass is 16.3. The molecule has 65 heavy (non-hydrogen) atoms. The molecular weight excluding hydrogens is 789 g/mol. The van der Waals surface area contributed by atoms with Crippen LogP contribution in [0.5, 0.6) is 0 Å². The summed E-state index contributed by atoms with van der Waals surface area (Å²) in [6, 6.07) is 87.8. The SMILES string of the molecule is c1cc(-c2ccc3c(ccc4ccccc43)c2)cc(N(c2cccc(-c3ccccc3-n3c4ccccc4c4ccccc43)c2)c2cccc(-c3cccc4c3oc3ccccc34)c2)c1. The first kappa shape index (κ1) is 36.9. The van der Waals surface area contributed by atoms with Gasteiger partial charge in [0.1, 0.15) is 11.2 Å². The fourth-order valence-corrected chi connectivity index (χ4v) is 10.2. The molecule has 0 bridgehead atoms. The van der Waals surface area contributed by atoms with Crippen LogP contribution in [0.15, 0.2) is 247 Å². The van der Waals surface area contributed by atoms with Crippen molar-refractivity contribution in [2.24, 2.45) is 0 Å². The van der Waals surface area contributed by atoms with Gasteiger partial charge < -0.3 is 13.9 Å². The molecule has 0 unspecified atom stereocenters. The van der Waals surface area contributed by atoms with E-state index in [0.29, 0.717) is 0 Å². The van der Waals surface area contributed by atoms with E-state index in [-0.39, 0.29) is 0 Å². The Kier molecular flexibility index (Phi) is 8.53. The highest BCUT2D eigenvalue weighted by Gasteiger charge is 2.20. The van der Waals surface area contributed by atoms with E-state index < -0.39 is 0 Å². The number of hydrogen-bond acceptors (Lipinski definition) is 2. The summed E-state index contributed by atoms with van der Waals surface area (Å²) in [6.45, 7) is 0. The maximum Gasteiger partial charge on any atom is 0.143 e. The summed E-state index contributed by atoms with van der Waals surface area (Å²) in [5, 5.41) is 9.75. The lowest BCUT2D eigenvalue weighted by atomic mass is 9.97. The predicted octanol–water partition coefficient (Wildman–Crippen LogP) is 17.5. The normalized spacial score (nSPS) is 11.7. The zero-order chi connectivity index (χ0) is 42.8. The van der Waals surface area contributed by atoms with E-state index in [1.807, 2.05) is 12.1 Å². The van der Waals surface area contributed by atoms with E-state index in [0.717, 1.165) is 72.5 Å². The summed E-state index contributed by atoms with van der Waals surface area (Å²) in [7, 11) is 0. The van der Waals surface area contributed by atoms with Crippen LogP contribution in [0.3, 0.4) is 0 Å². The molecule has 13 rings (SSSR count). The maximum absolute atomic E-state index is 6.57. The van der Waals surface area contributed by atoms with Gasteiger partial charge >= 0.3 is 0 Å². The molecule has 0 amide bonds. The molecule has 3 heteroatoms. The van der Waals surface area contributed by atoms with Crippen LogP contribution in [0.2, 0.25) is 0 Å². The van der Waals surface area contributed by atoms with Crippen LogP contribution in [-0.4, -0.2) is 4.57 Å². The van der Waals surface area contributed by atoms with Gasteiger partial charge in [0.05, 0.1) is 16.7 Å². The Morgan fingerprint density at radius 1 is 0.308 bits per heavy atom. The van der Waals surface area contributed by atoms with Crippen LogP contribution in [0.1, 0.15) is 0 Å². The zero-order valence-electron chi connectivity index (χ0n) is 35.4. The Balaban J connectivity index is 0.985. The Morgan fingerprint density at radius 2 is 0.815 bits per heavy atom. The largest absolute Gasteiger partial charge is 0.455 e. The van der Waals surface area contributed by atoms with Gasteiger partial charge in [-0.05, 0) is 111 Å². The smallest absolute Gasteiger partial charge is 0.143 e. The average molecular weight is 829 g/mol. The summed E-state index contributed by atoms with van der Waals surface area (Å²) < 4.78 is 8.99. The van der Waals surface area contributed by atoms with Gasteiger partial charge in [-0.3, -0.25) is 0 Å². The maximum atomic E-state index is 6.57. The van der Waals surface area contributed by atoms with E-state index in [4.69, 9.17) is 4.42 Å². The van der Waals surface area contributed by atoms with Crippen molar-refractivity contribution in [1.29, 1.82) is 0 Å². The van der Waals surface area contributed by atoms with Crippen molar-refractivity contribution in [2.75, 3.05) is 4.90 Å². The van der Waals surface area contributed by atoms with E-state index in [2.05, 4.69) is 240 Å². The molecule has 0 aliphatic carbocycles. The Morgan fingerprint density at radius 3 is 1.57 bits per heavy atom. The Hall–Kier alpha value is -8.66. The number of aromatic nitrogens is 1. The summed E-state index contributed by atoms with van der Waals surface area (Å²) in [5.74, 6) is 0. The van der Waals surface area contributed by atoms with Gasteiger partial charge in [0.2, 0.25) is 0 Å². The molecule has 11 aromatic carbocycles. The van der Waals surface area contributed by atoms with Crippen molar-refractivity contribution in [2.45, 2.75) is 0 Å². The quantitative estimate of drug-likeness (QED) is 0.149. The third-order valence-electron chi connectivity index (χ3n) is 13.1. The molecule has 0 atom stereocenters. The highest BCUT2D eigenvalue weighted by Crippen LogP contribution is 2.43. The number of nitrogens with zero attached hydrogens (tertiary/aromatic N) is 2. The standard InChI is InChI=1S/C62H40N2O/c1-2-22-50-41(15-1)33-34-46-37-43(35-36-51(46)50)42-16-11-19-47(38-42)63(49-21-13-18-45(40-49)53-27-14-28-57-56-26-6-10-32-61(56)65-62(53)57)48-20-12-17-44(39-48)52-23-3-7-29-58(52)64-59-30-8-4-24-54(59)55-25-5-9-31-60(55)64/h1-40H. The second kappa shape index (κ2) is 15.0. The lowest BCUT2D eigenvalue weighted by Crippen LogP contribution is -2.10. The van der Waals surface area contributed by atoms with Gasteiger partial charge in [0, 0.05) is 49.7 Å². The molecule has 0 N–H and O–H groups in total. The van der Waals surface area contributed by atoms with E-state index in [1.165, 1.54) is 48.9 Å². The molecule has 0 fully saturated rings. The van der Waals surface area contributed by atoms with Gasteiger partial charge in [-0.2, -0.15) is 0 Å².